The number of benzene rings is 2. The summed E-state index contributed by atoms with van der Waals surface area (Å²) >= 11 is 0. The number of likely N-dealkylation sites (N-methyl/N-ethyl adjacent to an activating group) is 1. The molecule has 0 radical (unpaired) electrons. The van der Waals surface area contributed by atoms with Crippen LogP contribution in [0.25, 0.3) is 0 Å². The van der Waals surface area contributed by atoms with Gasteiger partial charge in [-0.05, 0) is 30.2 Å². The lowest BCUT2D eigenvalue weighted by atomic mass is 10.1. The molecule has 0 saturated carbocycles. The van der Waals surface area contributed by atoms with Crippen LogP contribution in [0.5, 0.6) is 0 Å². The van der Waals surface area contributed by atoms with E-state index in [1.807, 2.05) is 0 Å². The Bertz CT molecular complexity index is 1220. The number of rotatable bonds is 9. The topological polar surface area (TPSA) is 134 Å². The van der Waals surface area contributed by atoms with Crippen molar-refractivity contribution in [2.45, 2.75) is 23.9 Å². The van der Waals surface area contributed by atoms with Gasteiger partial charge in [-0.2, -0.15) is 4.31 Å². The minimum absolute atomic E-state index is 0.0722. The molecule has 2 aromatic carbocycles. The Balaban J connectivity index is 2.18. The summed E-state index contributed by atoms with van der Waals surface area (Å²) in [6.45, 7) is -0.341. The van der Waals surface area contributed by atoms with Crippen LogP contribution in [0.2, 0.25) is 0 Å². The van der Waals surface area contributed by atoms with Crippen LogP contribution in [-0.4, -0.2) is 51.9 Å². The van der Waals surface area contributed by atoms with Crippen molar-refractivity contribution in [2.24, 2.45) is 0 Å². The summed E-state index contributed by atoms with van der Waals surface area (Å²) in [5, 5.41) is 21.8. The molecule has 0 aliphatic carbocycles. The summed E-state index contributed by atoms with van der Waals surface area (Å²) in [5.41, 5.74) is 0.347. The maximum Gasteiger partial charge on any atom is 0.289 e. The number of para-hydroxylation sites is 1. The third-order valence-corrected chi connectivity index (χ3v) is 6.82. The molecule has 0 aliphatic heterocycles. The van der Waals surface area contributed by atoms with Crippen molar-refractivity contribution in [3.8, 4) is 0 Å². The Kier molecular flexibility index (Phi) is 7.48. The molecule has 1 heterocycles. The zero-order chi connectivity index (χ0) is 24.0. The summed E-state index contributed by atoms with van der Waals surface area (Å²) < 4.78 is 28.4. The van der Waals surface area contributed by atoms with E-state index in [0.717, 1.165) is 23.5 Å². The molecule has 172 valence electrons. The largest absolute Gasteiger partial charge is 0.289 e. The Morgan fingerprint density at radius 2 is 1.70 bits per heavy atom. The van der Waals surface area contributed by atoms with Crippen LogP contribution in [-0.2, 0) is 27.8 Å². The number of sulfonamides is 1. The number of nitrogens with zero attached hydrogens (tertiary/aromatic N) is 4. The summed E-state index contributed by atoms with van der Waals surface area (Å²) in [6, 6.07) is 17.1. The molecule has 0 saturated heterocycles. The van der Waals surface area contributed by atoms with Gasteiger partial charge in [-0.3, -0.25) is 25.1 Å². The number of hydrogen-bond donors (Lipinski definition) is 1. The fourth-order valence-electron chi connectivity index (χ4n) is 3.33. The summed E-state index contributed by atoms with van der Waals surface area (Å²) in [6.07, 6.45) is 1.40. The van der Waals surface area contributed by atoms with E-state index in [4.69, 9.17) is 0 Å². The number of amides is 1. The zero-order valence-corrected chi connectivity index (χ0v) is 18.5. The van der Waals surface area contributed by atoms with Crippen LogP contribution >= 0.6 is 0 Å². The van der Waals surface area contributed by atoms with E-state index in [1.165, 1.54) is 18.3 Å². The molecule has 1 amide bonds. The number of hydrogen-bond acceptors (Lipinski definition) is 7. The Labute approximate surface area is 190 Å². The lowest BCUT2D eigenvalue weighted by molar-refractivity contribution is -0.387. The third kappa shape index (κ3) is 5.58. The van der Waals surface area contributed by atoms with E-state index in [2.05, 4.69) is 4.98 Å². The van der Waals surface area contributed by atoms with E-state index in [-0.39, 0.29) is 13.0 Å². The van der Waals surface area contributed by atoms with E-state index in [1.54, 1.807) is 48.5 Å². The first-order valence-electron chi connectivity index (χ1n) is 9.87. The highest BCUT2D eigenvalue weighted by molar-refractivity contribution is 7.89. The predicted molar refractivity (Wildman–Crippen MR) is 119 cm³/mol. The van der Waals surface area contributed by atoms with E-state index in [0.29, 0.717) is 16.3 Å². The first kappa shape index (κ1) is 24.0. The number of aromatic nitrogens is 1. The highest BCUT2D eigenvalue weighted by Crippen LogP contribution is 2.30. The lowest BCUT2D eigenvalue weighted by Gasteiger charge is -2.31. The van der Waals surface area contributed by atoms with Crippen LogP contribution in [0.3, 0.4) is 0 Å². The highest BCUT2D eigenvalue weighted by Gasteiger charge is 2.40. The van der Waals surface area contributed by atoms with Crippen molar-refractivity contribution in [1.29, 1.82) is 0 Å². The summed E-state index contributed by atoms with van der Waals surface area (Å²) in [7, 11) is -3.49. The fourth-order valence-corrected chi connectivity index (χ4v) is 5.04. The number of hydroxylamine groups is 2. The van der Waals surface area contributed by atoms with Gasteiger partial charge in [-0.1, -0.05) is 48.5 Å². The lowest BCUT2D eigenvalue weighted by Crippen LogP contribution is -2.50. The van der Waals surface area contributed by atoms with Crippen molar-refractivity contribution in [2.75, 3.05) is 7.05 Å². The van der Waals surface area contributed by atoms with Crippen molar-refractivity contribution in [3.63, 3.8) is 0 Å². The molecular weight excluding hydrogens is 448 g/mol. The van der Waals surface area contributed by atoms with E-state index < -0.39 is 37.5 Å². The van der Waals surface area contributed by atoms with Gasteiger partial charge in [-0.25, -0.2) is 13.5 Å². The first-order chi connectivity index (χ1) is 15.7. The molecule has 3 aromatic rings. The number of pyridine rings is 1. The normalized spacial score (nSPS) is 12.3. The Morgan fingerprint density at radius 3 is 2.30 bits per heavy atom. The molecule has 0 spiro atoms. The van der Waals surface area contributed by atoms with Crippen LogP contribution in [0.4, 0.5) is 5.69 Å². The van der Waals surface area contributed by atoms with Gasteiger partial charge in [0.25, 0.3) is 21.6 Å². The molecule has 0 unspecified atom stereocenters. The van der Waals surface area contributed by atoms with Crippen LogP contribution in [0, 0.1) is 10.1 Å². The van der Waals surface area contributed by atoms with Crippen molar-refractivity contribution < 1.29 is 23.3 Å². The maximum absolute atomic E-state index is 13.8. The van der Waals surface area contributed by atoms with Gasteiger partial charge in [0.2, 0.25) is 0 Å². The molecule has 3 rings (SSSR count). The fraction of sp³-hybridized carbons (Fsp3) is 0.182. The first-order valence-corrected chi connectivity index (χ1v) is 11.3. The highest BCUT2D eigenvalue weighted by atomic mass is 32.2. The van der Waals surface area contributed by atoms with E-state index in [9.17, 15) is 28.5 Å². The summed E-state index contributed by atoms with van der Waals surface area (Å²) in [4.78, 5) is 27.3. The number of nitro groups is 1. The molecule has 33 heavy (non-hydrogen) atoms. The van der Waals surface area contributed by atoms with Crippen molar-refractivity contribution >= 4 is 21.6 Å². The molecule has 1 N–H and O–H groups in total. The second kappa shape index (κ2) is 10.3. The van der Waals surface area contributed by atoms with Gasteiger partial charge >= 0.3 is 0 Å². The van der Waals surface area contributed by atoms with Crippen LogP contribution in [0.15, 0.2) is 83.9 Å². The SMILES string of the molecule is CN(O)C(=O)[C@H](Cc1ccccc1)N(Cc1ccccn1)S(=O)(=O)c1ccccc1[N+](=O)[O-]. The number of carbonyl (C=O) groups is 1. The molecule has 0 fully saturated rings. The Hall–Kier alpha value is -3.67. The number of carbonyl (C=O) groups excluding carboxylic acids is 1. The van der Waals surface area contributed by atoms with Gasteiger partial charge in [0.05, 0.1) is 17.2 Å². The minimum atomic E-state index is -4.58. The van der Waals surface area contributed by atoms with Crippen LogP contribution in [0.1, 0.15) is 11.3 Å². The second-order valence-corrected chi connectivity index (χ2v) is 9.02. The van der Waals surface area contributed by atoms with Gasteiger partial charge in [0.1, 0.15) is 6.04 Å². The smallest absolute Gasteiger partial charge is 0.286 e. The average Bonchev–Trinajstić information content (AvgIpc) is 2.82. The third-order valence-electron chi connectivity index (χ3n) is 4.92. The van der Waals surface area contributed by atoms with E-state index >= 15 is 0 Å². The maximum atomic E-state index is 13.8. The van der Waals surface area contributed by atoms with Gasteiger partial charge in [0.15, 0.2) is 4.90 Å². The van der Waals surface area contributed by atoms with Crippen LogP contribution < -0.4 is 0 Å². The molecular formula is C22H22N4O6S. The monoisotopic (exact) mass is 470 g/mol. The molecule has 0 bridgehead atoms. The van der Waals surface area contributed by atoms with Gasteiger partial charge in [-0.15, -0.1) is 0 Å². The summed E-state index contributed by atoms with van der Waals surface area (Å²) in [5.74, 6) is -0.892. The molecule has 1 atom stereocenters. The Morgan fingerprint density at radius 1 is 1.06 bits per heavy atom. The molecule has 1 aromatic heterocycles. The van der Waals surface area contributed by atoms with Crippen molar-refractivity contribution in [1.82, 2.24) is 14.4 Å². The minimum Gasteiger partial charge on any atom is -0.286 e. The zero-order valence-electron chi connectivity index (χ0n) is 17.7. The molecule has 10 nitrogen and oxygen atoms in total. The second-order valence-electron chi connectivity index (χ2n) is 7.16. The molecule has 11 heteroatoms. The van der Waals surface area contributed by atoms with Crippen molar-refractivity contribution in [3.05, 3.63) is 100 Å². The molecule has 0 aliphatic rings. The predicted octanol–water partition coefficient (Wildman–Crippen LogP) is 2.64. The quantitative estimate of drug-likeness (QED) is 0.289. The number of nitro benzene ring substituents is 1. The van der Waals surface area contributed by atoms with Gasteiger partial charge in [0, 0.05) is 19.3 Å². The average molecular weight is 471 g/mol. The van der Waals surface area contributed by atoms with Gasteiger partial charge < -0.3 is 0 Å². The standard InChI is InChI=1S/C22H22N4O6S/c1-24(28)22(27)20(15-17-9-3-2-4-10-17)25(16-18-11-7-8-14-23-18)33(31,32)21-13-6-5-12-19(21)26(29)30/h2-14,20,28H,15-16H2,1H3/t20-/m0/s1.